The zero-order valence-corrected chi connectivity index (χ0v) is 8.71. The van der Waals surface area contributed by atoms with Crippen LogP contribution in [0, 0.1) is 12.1 Å². The van der Waals surface area contributed by atoms with E-state index in [1.54, 1.807) is 6.20 Å². The van der Waals surface area contributed by atoms with Crippen LogP contribution in [-0.2, 0) is 0 Å². The average molecular weight is 238 g/mol. The molecule has 1 aromatic carbocycles. The Morgan fingerprint density at radius 2 is 2.08 bits per heavy atom. The summed E-state index contributed by atoms with van der Waals surface area (Å²) in [4.78, 5) is 0. The second kappa shape index (κ2) is 3.00. The highest BCUT2D eigenvalue weighted by molar-refractivity contribution is 9.10. The molecule has 0 amide bonds. The van der Waals surface area contributed by atoms with Crippen LogP contribution >= 0.6 is 15.9 Å². The van der Waals surface area contributed by atoms with Crippen molar-refractivity contribution < 1.29 is 4.73 Å². The molecule has 3 heteroatoms. The summed E-state index contributed by atoms with van der Waals surface area (Å²) in [7, 11) is 0. The summed E-state index contributed by atoms with van der Waals surface area (Å²) >= 11 is 3.33. The van der Waals surface area contributed by atoms with Gasteiger partial charge in [0.15, 0.2) is 6.20 Å². The van der Waals surface area contributed by atoms with Gasteiger partial charge in [-0.2, -0.15) is 4.73 Å². The normalized spacial score (nSPS) is 10.6. The zero-order chi connectivity index (χ0) is 9.42. The lowest BCUT2D eigenvalue weighted by molar-refractivity contribution is -0.577. The van der Waals surface area contributed by atoms with Crippen LogP contribution in [0.1, 0.15) is 5.56 Å². The number of aryl methyl sites for hydroxylation is 1. The van der Waals surface area contributed by atoms with Gasteiger partial charge in [-0.1, -0.05) is 15.9 Å². The fraction of sp³-hybridized carbons (Fsp3) is 0.100. The van der Waals surface area contributed by atoms with Crippen LogP contribution in [0.4, 0.5) is 0 Å². The Labute approximate surface area is 84.5 Å². The molecule has 2 aromatic rings. The fourth-order valence-corrected chi connectivity index (χ4v) is 1.72. The van der Waals surface area contributed by atoms with E-state index in [-0.39, 0.29) is 0 Å². The van der Waals surface area contributed by atoms with Crippen LogP contribution in [0.3, 0.4) is 0 Å². The Balaban J connectivity index is 2.87. The van der Waals surface area contributed by atoms with Crippen molar-refractivity contribution >= 4 is 26.8 Å². The van der Waals surface area contributed by atoms with E-state index in [0.29, 0.717) is 5.52 Å². The maximum absolute atomic E-state index is 11.4. The van der Waals surface area contributed by atoms with Crippen molar-refractivity contribution in [1.82, 2.24) is 0 Å². The second-order valence-electron chi connectivity index (χ2n) is 3.05. The minimum absolute atomic E-state index is 0.694. The molecule has 0 aliphatic rings. The Morgan fingerprint density at radius 3 is 2.85 bits per heavy atom. The van der Waals surface area contributed by atoms with Gasteiger partial charge in [-0.3, -0.25) is 0 Å². The van der Waals surface area contributed by atoms with Gasteiger partial charge in [-0.05, 0) is 25.1 Å². The Kier molecular flexibility index (Phi) is 1.96. The molecule has 13 heavy (non-hydrogen) atoms. The quantitative estimate of drug-likeness (QED) is 0.511. The van der Waals surface area contributed by atoms with Gasteiger partial charge in [0, 0.05) is 21.5 Å². The number of benzene rings is 1. The number of aromatic nitrogens is 1. The Hall–Kier alpha value is -1.09. The molecule has 0 unspecified atom stereocenters. The van der Waals surface area contributed by atoms with Gasteiger partial charge in [0.2, 0.25) is 5.52 Å². The molecule has 0 aliphatic carbocycles. The van der Waals surface area contributed by atoms with Crippen LogP contribution in [0.5, 0.6) is 0 Å². The van der Waals surface area contributed by atoms with Crippen LogP contribution in [0.25, 0.3) is 10.9 Å². The molecule has 0 saturated heterocycles. The lowest BCUT2D eigenvalue weighted by atomic mass is 10.2. The molecular weight excluding hydrogens is 230 g/mol. The van der Waals surface area contributed by atoms with Crippen LogP contribution in [0.2, 0.25) is 0 Å². The van der Waals surface area contributed by atoms with E-state index in [1.165, 1.54) is 0 Å². The molecule has 0 fully saturated rings. The molecule has 2 rings (SSSR count). The third kappa shape index (κ3) is 1.52. The average Bonchev–Trinajstić information content (AvgIpc) is 2.06. The van der Waals surface area contributed by atoms with E-state index in [2.05, 4.69) is 15.9 Å². The van der Waals surface area contributed by atoms with Gasteiger partial charge < -0.3 is 5.21 Å². The molecule has 0 aliphatic heterocycles. The van der Waals surface area contributed by atoms with Crippen molar-refractivity contribution in [2.45, 2.75) is 6.92 Å². The lowest BCUT2D eigenvalue weighted by Gasteiger charge is -2.02. The minimum Gasteiger partial charge on any atom is -0.618 e. The molecule has 0 atom stereocenters. The molecule has 66 valence electrons. The van der Waals surface area contributed by atoms with Crippen LogP contribution in [-0.4, -0.2) is 0 Å². The standard InChI is InChI=1S/C10H8BrNO/c1-7-4-8-2-3-9(11)5-10(8)12(13)6-7/h2-6H,1H3. The third-order valence-electron chi connectivity index (χ3n) is 1.93. The second-order valence-corrected chi connectivity index (χ2v) is 3.96. The largest absolute Gasteiger partial charge is 0.618 e. The summed E-state index contributed by atoms with van der Waals surface area (Å²) in [6, 6.07) is 7.68. The number of hydrogen-bond donors (Lipinski definition) is 0. The SMILES string of the molecule is Cc1cc2ccc(Br)cc2[n+]([O-])c1. The van der Waals surface area contributed by atoms with Crippen LogP contribution < -0.4 is 4.73 Å². The summed E-state index contributed by atoms with van der Waals surface area (Å²) < 4.78 is 1.82. The van der Waals surface area contributed by atoms with Gasteiger partial charge in [0.25, 0.3) is 0 Å². The smallest absolute Gasteiger partial charge is 0.224 e. The highest BCUT2D eigenvalue weighted by atomic mass is 79.9. The molecule has 0 N–H and O–H groups in total. The predicted octanol–water partition coefficient (Wildman–Crippen LogP) is 2.54. The summed E-state index contributed by atoms with van der Waals surface area (Å²) in [5.41, 5.74) is 1.67. The summed E-state index contributed by atoms with van der Waals surface area (Å²) in [6.45, 7) is 1.91. The van der Waals surface area contributed by atoms with Crippen molar-refractivity contribution in [1.29, 1.82) is 0 Å². The minimum atomic E-state index is 0.694. The Morgan fingerprint density at radius 1 is 1.31 bits per heavy atom. The highest BCUT2D eigenvalue weighted by Crippen LogP contribution is 2.17. The van der Waals surface area contributed by atoms with E-state index >= 15 is 0 Å². The number of fused-ring (bicyclic) bond motifs is 1. The van der Waals surface area contributed by atoms with Crippen molar-refractivity contribution in [3.63, 3.8) is 0 Å². The first-order valence-corrected chi connectivity index (χ1v) is 4.75. The van der Waals surface area contributed by atoms with Crippen molar-refractivity contribution in [2.75, 3.05) is 0 Å². The van der Waals surface area contributed by atoms with E-state index < -0.39 is 0 Å². The van der Waals surface area contributed by atoms with Crippen LogP contribution in [0.15, 0.2) is 34.9 Å². The van der Waals surface area contributed by atoms with Gasteiger partial charge in [-0.25, -0.2) is 0 Å². The number of hydrogen-bond acceptors (Lipinski definition) is 1. The molecule has 0 radical (unpaired) electrons. The molecule has 0 bridgehead atoms. The van der Waals surface area contributed by atoms with E-state index in [4.69, 9.17) is 0 Å². The van der Waals surface area contributed by atoms with Gasteiger partial charge >= 0.3 is 0 Å². The van der Waals surface area contributed by atoms with Gasteiger partial charge in [0.05, 0.1) is 0 Å². The first-order valence-electron chi connectivity index (χ1n) is 3.96. The number of halogens is 1. The van der Waals surface area contributed by atoms with Crippen molar-refractivity contribution in [3.05, 3.63) is 45.7 Å². The summed E-state index contributed by atoms with van der Waals surface area (Å²) in [5.74, 6) is 0. The van der Waals surface area contributed by atoms with Gasteiger partial charge in [0.1, 0.15) is 0 Å². The van der Waals surface area contributed by atoms with E-state index in [1.807, 2.05) is 31.2 Å². The molecule has 0 saturated carbocycles. The summed E-state index contributed by atoms with van der Waals surface area (Å²) in [5, 5.41) is 12.4. The third-order valence-corrected chi connectivity index (χ3v) is 2.43. The maximum Gasteiger partial charge on any atom is 0.224 e. The maximum atomic E-state index is 11.4. The first-order chi connectivity index (χ1) is 6.16. The monoisotopic (exact) mass is 237 g/mol. The molecule has 0 spiro atoms. The number of rotatable bonds is 0. The fourth-order valence-electron chi connectivity index (χ4n) is 1.37. The number of nitrogens with zero attached hydrogens (tertiary/aromatic N) is 1. The first kappa shape index (κ1) is 8.51. The zero-order valence-electron chi connectivity index (χ0n) is 7.12. The molecular formula is C10H8BrNO. The van der Waals surface area contributed by atoms with Crippen molar-refractivity contribution in [2.24, 2.45) is 0 Å². The highest BCUT2D eigenvalue weighted by Gasteiger charge is 2.04. The van der Waals surface area contributed by atoms with E-state index in [9.17, 15) is 5.21 Å². The molecule has 2 nitrogen and oxygen atoms in total. The Bertz CT molecular complexity index is 468. The summed E-state index contributed by atoms with van der Waals surface area (Å²) in [6.07, 6.45) is 1.58. The lowest BCUT2D eigenvalue weighted by Crippen LogP contribution is -2.26. The van der Waals surface area contributed by atoms with Crippen molar-refractivity contribution in [3.8, 4) is 0 Å². The molecule has 1 heterocycles. The number of pyridine rings is 1. The molecule has 1 aromatic heterocycles. The topological polar surface area (TPSA) is 26.9 Å². The predicted molar refractivity (Wildman–Crippen MR) is 55.3 cm³/mol. The van der Waals surface area contributed by atoms with E-state index in [0.717, 1.165) is 20.2 Å². The van der Waals surface area contributed by atoms with Gasteiger partial charge in [-0.15, -0.1) is 0 Å².